The molecule has 2 aromatic rings. The molecule has 1 unspecified atom stereocenters. The lowest BCUT2D eigenvalue weighted by Gasteiger charge is -2.21. The Balaban J connectivity index is 1.79. The van der Waals surface area contributed by atoms with Gasteiger partial charge in [0.05, 0.1) is 10.9 Å². The minimum atomic E-state index is -0.00642. The summed E-state index contributed by atoms with van der Waals surface area (Å²) in [6.07, 6.45) is 6.92. The van der Waals surface area contributed by atoms with Crippen molar-refractivity contribution in [2.45, 2.75) is 12.8 Å². The molecule has 1 fully saturated rings. The summed E-state index contributed by atoms with van der Waals surface area (Å²) in [6.45, 7) is 1.70. The van der Waals surface area contributed by atoms with Crippen molar-refractivity contribution in [1.82, 2.24) is 15.3 Å². The van der Waals surface area contributed by atoms with Crippen molar-refractivity contribution in [2.75, 3.05) is 18.4 Å². The van der Waals surface area contributed by atoms with E-state index in [9.17, 15) is 4.79 Å². The number of nitrogens with one attached hydrogen (secondary N) is 2. The van der Waals surface area contributed by atoms with Gasteiger partial charge in [-0.3, -0.25) is 9.78 Å². The van der Waals surface area contributed by atoms with Crippen LogP contribution in [0.2, 0.25) is 5.02 Å². The molecule has 0 aliphatic carbocycles. The largest absolute Gasteiger partial charge is 0.316 e. The SMILES string of the molecule is O=C(Nc1cc(-c2cccnc2)c(Cl)cn1)C1CCCNC1. The quantitative estimate of drug-likeness (QED) is 0.913. The summed E-state index contributed by atoms with van der Waals surface area (Å²) in [7, 11) is 0. The van der Waals surface area contributed by atoms with E-state index in [4.69, 9.17) is 11.6 Å². The van der Waals surface area contributed by atoms with E-state index in [1.807, 2.05) is 12.1 Å². The van der Waals surface area contributed by atoms with Crippen LogP contribution in [0.4, 0.5) is 5.82 Å². The molecule has 0 radical (unpaired) electrons. The third kappa shape index (κ3) is 3.43. The minimum Gasteiger partial charge on any atom is -0.316 e. The molecule has 1 atom stereocenters. The molecule has 3 heterocycles. The van der Waals surface area contributed by atoms with Crippen LogP contribution in [0, 0.1) is 5.92 Å². The van der Waals surface area contributed by atoms with Gasteiger partial charge >= 0.3 is 0 Å². The number of hydrogen-bond acceptors (Lipinski definition) is 4. The van der Waals surface area contributed by atoms with Gasteiger partial charge in [-0.1, -0.05) is 17.7 Å². The van der Waals surface area contributed by atoms with E-state index < -0.39 is 0 Å². The second-order valence-corrected chi connectivity index (χ2v) is 5.73. The average molecular weight is 317 g/mol. The number of hydrogen-bond donors (Lipinski definition) is 2. The van der Waals surface area contributed by atoms with E-state index in [-0.39, 0.29) is 11.8 Å². The smallest absolute Gasteiger partial charge is 0.229 e. The van der Waals surface area contributed by atoms with Crippen LogP contribution in [-0.4, -0.2) is 29.0 Å². The second-order valence-electron chi connectivity index (χ2n) is 5.32. The molecule has 22 heavy (non-hydrogen) atoms. The van der Waals surface area contributed by atoms with Gasteiger partial charge in [-0.05, 0) is 31.5 Å². The lowest BCUT2D eigenvalue weighted by atomic mass is 9.99. The van der Waals surface area contributed by atoms with E-state index in [0.717, 1.165) is 37.1 Å². The number of amides is 1. The van der Waals surface area contributed by atoms with Gasteiger partial charge in [0.1, 0.15) is 5.82 Å². The summed E-state index contributed by atoms with van der Waals surface area (Å²) in [4.78, 5) is 20.5. The van der Waals surface area contributed by atoms with Crippen molar-refractivity contribution in [3.63, 3.8) is 0 Å². The molecular formula is C16H17ClN4O. The van der Waals surface area contributed by atoms with Crippen LogP contribution in [0.25, 0.3) is 11.1 Å². The zero-order chi connectivity index (χ0) is 15.4. The number of pyridine rings is 2. The standard InChI is InChI=1S/C16H17ClN4O/c17-14-10-20-15(7-13(14)11-3-1-5-18-8-11)21-16(22)12-4-2-6-19-9-12/h1,3,5,7-8,10,12,19H,2,4,6,9H2,(H,20,21,22). The third-order valence-corrected chi connectivity index (χ3v) is 4.05. The van der Waals surface area contributed by atoms with Gasteiger partial charge in [0.15, 0.2) is 0 Å². The van der Waals surface area contributed by atoms with Crippen LogP contribution < -0.4 is 10.6 Å². The molecule has 1 amide bonds. The molecule has 6 heteroatoms. The Bertz CT molecular complexity index is 656. The Labute approximate surface area is 134 Å². The van der Waals surface area contributed by atoms with Crippen LogP contribution >= 0.6 is 11.6 Å². The Morgan fingerprint density at radius 3 is 3.05 bits per heavy atom. The minimum absolute atomic E-state index is 0.000779. The van der Waals surface area contributed by atoms with Gasteiger partial charge in [-0.15, -0.1) is 0 Å². The number of carbonyl (C=O) groups excluding carboxylic acids is 1. The molecule has 2 aromatic heterocycles. The normalized spacial score (nSPS) is 18.0. The summed E-state index contributed by atoms with van der Waals surface area (Å²) in [5, 5.41) is 6.65. The van der Waals surface area contributed by atoms with Gasteiger partial charge in [0, 0.05) is 36.3 Å². The zero-order valence-electron chi connectivity index (χ0n) is 12.1. The van der Waals surface area contributed by atoms with Gasteiger partial charge < -0.3 is 10.6 Å². The number of aromatic nitrogens is 2. The highest BCUT2D eigenvalue weighted by atomic mass is 35.5. The van der Waals surface area contributed by atoms with E-state index >= 15 is 0 Å². The molecule has 1 aliphatic rings. The molecule has 5 nitrogen and oxygen atoms in total. The second kappa shape index (κ2) is 6.85. The van der Waals surface area contributed by atoms with Crippen molar-refractivity contribution in [1.29, 1.82) is 0 Å². The van der Waals surface area contributed by atoms with Crippen molar-refractivity contribution in [3.8, 4) is 11.1 Å². The highest BCUT2D eigenvalue weighted by Crippen LogP contribution is 2.28. The molecular weight excluding hydrogens is 300 g/mol. The fourth-order valence-electron chi connectivity index (χ4n) is 2.55. The molecule has 0 spiro atoms. The van der Waals surface area contributed by atoms with E-state index in [2.05, 4.69) is 20.6 Å². The highest BCUT2D eigenvalue weighted by molar-refractivity contribution is 6.33. The van der Waals surface area contributed by atoms with Crippen molar-refractivity contribution in [2.24, 2.45) is 5.92 Å². The Morgan fingerprint density at radius 2 is 2.32 bits per heavy atom. The van der Waals surface area contributed by atoms with Gasteiger partial charge in [0.2, 0.25) is 5.91 Å². The first-order chi connectivity index (χ1) is 10.7. The molecule has 3 rings (SSSR count). The maximum absolute atomic E-state index is 12.3. The number of rotatable bonds is 3. The van der Waals surface area contributed by atoms with Gasteiger partial charge in [-0.2, -0.15) is 0 Å². The summed E-state index contributed by atoms with van der Waals surface area (Å²) in [5.74, 6) is 0.506. The first kappa shape index (κ1) is 14.9. The fraction of sp³-hybridized carbons (Fsp3) is 0.312. The molecule has 1 aliphatic heterocycles. The van der Waals surface area contributed by atoms with Crippen molar-refractivity contribution >= 4 is 23.3 Å². The van der Waals surface area contributed by atoms with Crippen LogP contribution in [0.1, 0.15) is 12.8 Å². The average Bonchev–Trinajstić information content (AvgIpc) is 2.58. The van der Waals surface area contributed by atoms with Gasteiger partial charge in [-0.25, -0.2) is 4.98 Å². The predicted octanol–water partition coefficient (Wildman–Crippen LogP) is 2.74. The monoisotopic (exact) mass is 316 g/mol. The van der Waals surface area contributed by atoms with Crippen LogP contribution in [0.15, 0.2) is 36.8 Å². The Morgan fingerprint density at radius 1 is 1.41 bits per heavy atom. The number of carbonyl (C=O) groups is 1. The van der Waals surface area contributed by atoms with Crippen molar-refractivity contribution < 1.29 is 4.79 Å². The van der Waals surface area contributed by atoms with Gasteiger partial charge in [0.25, 0.3) is 0 Å². The first-order valence-electron chi connectivity index (χ1n) is 7.31. The fourth-order valence-corrected chi connectivity index (χ4v) is 2.77. The Kier molecular flexibility index (Phi) is 4.65. The lowest BCUT2D eigenvalue weighted by molar-refractivity contribution is -0.120. The lowest BCUT2D eigenvalue weighted by Crippen LogP contribution is -2.37. The first-order valence-corrected chi connectivity index (χ1v) is 7.69. The summed E-state index contributed by atoms with van der Waals surface area (Å²) in [6, 6.07) is 5.55. The van der Waals surface area contributed by atoms with E-state index in [0.29, 0.717) is 10.8 Å². The predicted molar refractivity (Wildman–Crippen MR) is 86.7 cm³/mol. The Hall–Kier alpha value is -1.98. The van der Waals surface area contributed by atoms with E-state index in [1.54, 1.807) is 24.7 Å². The number of halogens is 1. The number of anilines is 1. The van der Waals surface area contributed by atoms with Crippen LogP contribution in [0.5, 0.6) is 0 Å². The maximum atomic E-state index is 12.3. The summed E-state index contributed by atoms with van der Waals surface area (Å²) < 4.78 is 0. The number of nitrogens with zero attached hydrogens (tertiary/aromatic N) is 2. The molecule has 1 saturated heterocycles. The summed E-state index contributed by atoms with van der Waals surface area (Å²) in [5.41, 5.74) is 1.70. The topological polar surface area (TPSA) is 66.9 Å². The molecule has 0 aromatic carbocycles. The molecule has 0 saturated carbocycles. The summed E-state index contributed by atoms with van der Waals surface area (Å²) >= 11 is 6.20. The molecule has 2 N–H and O–H groups in total. The third-order valence-electron chi connectivity index (χ3n) is 3.75. The van der Waals surface area contributed by atoms with E-state index in [1.165, 1.54) is 0 Å². The molecule has 114 valence electrons. The number of piperidine rings is 1. The zero-order valence-corrected chi connectivity index (χ0v) is 12.8. The molecule has 0 bridgehead atoms. The highest BCUT2D eigenvalue weighted by Gasteiger charge is 2.21. The van der Waals surface area contributed by atoms with Crippen molar-refractivity contribution in [3.05, 3.63) is 41.8 Å². The maximum Gasteiger partial charge on any atom is 0.229 e. The van der Waals surface area contributed by atoms with Crippen LogP contribution in [-0.2, 0) is 4.79 Å². The van der Waals surface area contributed by atoms with Crippen LogP contribution in [0.3, 0.4) is 0 Å².